The molecule has 7 nitrogen and oxygen atoms in total. The van der Waals surface area contributed by atoms with Crippen molar-refractivity contribution in [2.45, 2.75) is 37.3 Å². The number of nitrogens with one attached hydrogen (secondary N) is 3. The zero-order valence-corrected chi connectivity index (χ0v) is 16.2. The van der Waals surface area contributed by atoms with Crippen LogP contribution in [0.1, 0.15) is 25.0 Å². The molecule has 0 radical (unpaired) electrons. The van der Waals surface area contributed by atoms with E-state index in [9.17, 15) is 9.59 Å². The van der Waals surface area contributed by atoms with Crippen molar-refractivity contribution < 1.29 is 9.59 Å². The minimum Gasteiger partial charge on any atom is -0.338 e. The molecular formula is C16H21N5O2S2. The van der Waals surface area contributed by atoms with E-state index in [1.807, 2.05) is 19.1 Å². The third-order valence-corrected chi connectivity index (χ3v) is 5.50. The Morgan fingerprint density at radius 1 is 1.28 bits per heavy atom. The van der Waals surface area contributed by atoms with Gasteiger partial charge in [0.1, 0.15) is 0 Å². The Morgan fingerprint density at radius 3 is 2.76 bits per heavy atom. The Hall–Kier alpha value is -2.13. The molecule has 3 N–H and O–H groups in total. The molecule has 1 atom stereocenters. The molecule has 1 aromatic carbocycles. The number of carbonyl (C=O) groups excluding carboxylic acids is 2. The Kier molecular flexibility index (Phi) is 6.77. The Morgan fingerprint density at radius 2 is 2.04 bits per heavy atom. The molecule has 3 amide bonds. The molecule has 2 aromatic rings. The maximum absolute atomic E-state index is 12.0. The van der Waals surface area contributed by atoms with Crippen LogP contribution in [0.25, 0.3) is 0 Å². The number of thioether (sulfide) groups is 1. The number of urea groups is 1. The summed E-state index contributed by atoms with van der Waals surface area (Å²) < 4.78 is 0.659. The van der Waals surface area contributed by atoms with Crippen LogP contribution in [0.4, 0.5) is 15.6 Å². The number of nitrogens with zero attached hydrogens (tertiary/aromatic N) is 2. The number of benzene rings is 1. The topological polar surface area (TPSA) is 96.0 Å². The molecule has 134 valence electrons. The van der Waals surface area contributed by atoms with Gasteiger partial charge in [-0.3, -0.25) is 10.1 Å². The summed E-state index contributed by atoms with van der Waals surface area (Å²) in [6.07, 6.45) is 0. The van der Waals surface area contributed by atoms with E-state index < -0.39 is 11.3 Å². The van der Waals surface area contributed by atoms with Gasteiger partial charge in [-0.05, 0) is 44.9 Å². The number of hydrogen-bond acceptors (Lipinski definition) is 7. The molecule has 2 rings (SSSR count). The first-order valence-corrected chi connectivity index (χ1v) is 9.52. The molecule has 0 bridgehead atoms. The molecule has 0 aliphatic carbocycles. The summed E-state index contributed by atoms with van der Waals surface area (Å²) in [4.78, 5) is 23.4. The van der Waals surface area contributed by atoms with E-state index in [4.69, 9.17) is 0 Å². The minimum atomic E-state index is -0.491. The van der Waals surface area contributed by atoms with Crippen LogP contribution >= 0.6 is 23.1 Å². The van der Waals surface area contributed by atoms with Gasteiger partial charge in [0.25, 0.3) is 0 Å². The number of amides is 3. The largest absolute Gasteiger partial charge is 0.338 e. The predicted octanol–water partition coefficient (Wildman–Crippen LogP) is 3.22. The van der Waals surface area contributed by atoms with Crippen molar-refractivity contribution in [3.63, 3.8) is 0 Å². The lowest BCUT2D eigenvalue weighted by molar-refractivity contribution is -0.119. The summed E-state index contributed by atoms with van der Waals surface area (Å²) in [7, 11) is 0. The lowest BCUT2D eigenvalue weighted by Gasteiger charge is -2.09. The maximum atomic E-state index is 12.0. The van der Waals surface area contributed by atoms with Gasteiger partial charge >= 0.3 is 6.03 Å². The lowest BCUT2D eigenvalue weighted by Crippen LogP contribution is -2.42. The van der Waals surface area contributed by atoms with Gasteiger partial charge in [0.05, 0.1) is 5.25 Å². The summed E-state index contributed by atoms with van der Waals surface area (Å²) in [5.41, 5.74) is 3.33. The van der Waals surface area contributed by atoms with Crippen molar-refractivity contribution in [3.8, 4) is 0 Å². The van der Waals surface area contributed by atoms with Gasteiger partial charge in [0.2, 0.25) is 11.0 Å². The van der Waals surface area contributed by atoms with Crippen LogP contribution in [0.15, 0.2) is 22.5 Å². The van der Waals surface area contributed by atoms with Crippen LogP contribution in [0.5, 0.6) is 0 Å². The highest BCUT2D eigenvalue weighted by atomic mass is 32.2. The number of hydrogen-bond donors (Lipinski definition) is 3. The van der Waals surface area contributed by atoms with Gasteiger partial charge in [0, 0.05) is 12.2 Å². The Balaban J connectivity index is 1.95. The third kappa shape index (κ3) is 5.43. The summed E-state index contributed by atoms with van der Waals surface area (Å²) >= 11 is 2.63. The molecular weight excluding hydrogens is 358 g/mol. The van der Waals surface area contributed by atoms with Gasteiger partial charge in [-0.2, -0.15) is 0 Å². The predicted molar refractivity (Wildman–Crippen MR) is 102 cm³/mol. The number of carbonyl (C=O) groups is 2. The highest BCUT2D eigenvalue weighted by Gasteiger charge is 2.19. The highest BCUT2D eigenvalue weighted by Crippen LogP contribution is 2.31. The smallest absolute Gasteiger partial charge is 0.321 e. The lowest BCUT2D eigenvalue weighted by atomic mass is 10.1. The summed E-state index contributed by atoms with van der Waals surface area (Å²) in [6.45, 7) is 8.07. The van der Waals surface area contributed by atoms with Crippen LogP contribution < -0.4 is 16.0 Å². The van der Waals surface area contributed by atoms with Crippen molar-refractivity contribution in [2.24, 2.45) is 0 Å². The van der Waals surface area contributed by atoms with Gasteiger partial charge < -0.3 is 10.6 Å². The third-order valence-electron chi connectivity index (χ3n) is 3.47. The van der Waals surface area contributed by atoms with E-state index in [0.717, 1.165) is 11.3 Å². The molecule has 0 unspecified atom stereocenters. The average molecular weight is 380 g/mol. The molecule has 25 heavy (non-hydrogen) atoms. The fourth-order valence-electron chi connectivity index (χ4n) is 1.93. The van der Waals surface area contributed by atoms with Gasteiger partial charge in [-0.15, -0.1) is 10.2 Å². The zero-order valence-electron chi connectivity index (χ0n) is 14.5. The van der Waals surface area contributed by atoms with E-state index in [1.165, 1.54) is 28.7 Å². The maximum Gasteiger partial charge on any atom is 0.321 e. The standard InChI is InChI=1S/C16H21N5O2S2/c1-5-17-14(23)19-13(22)11(4)24-16-21-20-15(25-16)18-12-8-6-7-9(2)10(12)3/h6-8,11H,5H2,1-4H3,(H,18,20)(H2,17,19,22,23)/t11-/m0/s1. The second-order valence-corrected chi connectivity index (χ2v) is 7.92. The molecule has 1 aromatic heterocycles. The van der Waals surface area contributed by atoms with Crippen LogP contribution in [-0.2, 0) is 4.79 Å². The van der Waals surface area contributed by atoms with E-state index in [0.29, 0.717) is 16.0 Å². The van der Waals surface area contributed by atoms with Gasteiger partial charge in [-0.25, -0.2) is 4.79 Å². The molecule has 0 saturated carbocycles. The van der Waals surface area contributed by atoms with Crippen LogP contribution in [0.3, 0.4) is 0 Å². The van der Waals surface area contributed by atoms with Crippen molar-refractivity contribution >= 4 is 45.9 Å². The fourth-order valence-corrected chi connectivity index (χ4v) is 3.84. The fraction of sp³-hybridized carbons (Fsp3) is 0.375. The summed E-state index contributed by atoms with van der Waals surface area (Å²) in [5, 5.41) is 16.5. The molecule has 0 aliphatic rings. The first kappa shape index (κ1) is 19.2. The zero-order chi connectivity index (χ0) is 18.4. The second-order valence-electron chi connectivity index (χ2n) is 5.35. The number of aromatic nitrogens is 2. The van der Waals surface area contributed by atoms with E-state index in [1.54, 1.807) is 13.8 Å². The van der Waals surface area contributed by atoms with Crippen LogP contribution in [0.2, 0.25) is 0 Å². The molecule has 0 saturated heterocycles. The summed E-state index contributed by atoms with van der Waals surface area (Å²) in [5.74, 6) is -0.366. The van der Waals surface area contributed by atoms with Crippen molar-refractivity contribution in [2.75, 3.05) is 11.9 Å². The number of imide groups is 1. The SMILES string of the molecule is CCNC(=O)NC(=O)[C@H](C)Sc1nnc(Nc2cccc(C)c2C)s1. The highest BCUT2D eigenvalue weighted by molar-refractivity contribution is 8.02. The number of anilines is 2. The van der Waals surface area contributed by atoms with E-state index >= 15 is 0 Å². The normalized spacial score (nSPS) is 11.7. The number of rotatable bonds is 6. The minimum absolute atomic E-state index is 0.366. The Labute approximate surface area is 155 Å². The van der Waals surface area contributed by atoms with Crippen molar-refractivity contribution in [1.82, 2.24) is 20.8 Å². The molecule has 9 heteroatoms. The Bertz CT molecular complexity index is 763. The van der Waals surface area contributed by atoms with Crippen LogP contribution in [0, 0.1) is 13.8 Å². The van der Waals surface area contributed by atoms with Crippen LogP contribution in [-0.4, -0.2) is 33.9 Å². The first-order valence-electron chi connectivity index (χ1n) is 7.82. The van der Waals surface area contributed by atoms with Gasteiger partial charge in [0.15, 0.2) is 4.34 Å². The van der Waals surface area contributed by atoms with E-state index in [-0.39, 0.29) is 5.91 Å². The molecule has 0 aliphatic heterocycles. The average Bonchev–Trinajstić information content (AvgIpc) is 2.99. The first-order chi connectivity index (χ1) is 11.9. The van der Waals surface area contributed by atoms with Crippen molar-refractivity contribution in [1.29, 1.82) is 0 Å². The van der Waals surface area contributed by atoms with Gasteiger partial charge in [-0.1, -0.05) is 35.2 Å². The number of aryl methyl sites for hydroxylation is 1. The molecule has 0 fully saturated rings. The quantitative estimate of drug-likeness (QED) is 0.667. The monoisotopic (exact) mass is 379 g/mol. The van der Waals surface area contributed by atoms with E-state index in [2.05, 4.69) is 39.1 Å². The molecule has 1 heterocycles. The van der Waals surface area contributed by atoms with Crippen molar-refractivity contribution in [3.05, 3.63) is 29.3 Å². The second kappa shape index (κ2) is 8.82. The summed E-state index contributed by atoms with van der Waals surface area (Å²) in [6, 6.07) is 5.53. The molecule has 0 spiro atoms.